The maximum atomic E-state index is 13.2. The fourth-order valence-corrected chi connectivity index (χ4v) is 1.78. The molecule has 2 nitrogen and oxygen atoms in total. The zero-order valence-corrected chi connectivity index (χ0v) is 12.1. The molecule has 0 atom stereocenters. The Morgan fingerprint density at radius 2 is 1.94 bits per heavy atom. The average Bonchev–Trinajstić information content (AvgIpc) is 2.27. The van der Waals surface area contributed by atoms with Crippen molar-refractivity contribution in [1.82, 2.24) is 10.6 Å². The first-order chi connectivity index (χ1) is 8.40. The fourth-order valence-electron chi connectivity index (χ4n) is 1.58. The van der Waals surface area contributed by atoms with Crippen LogP contribution in [-0.4, -0.2) is 18.6 Å². The molecule has 0 bridgehead atoms. The molecule has 0 saturated carbocycles. The number of nitrogens with one attached hydrogen (secondary N) is 2. The highest BCUT2D eigenvalue weighted by atomic mass is 35.5. The van der Waals surface area contributed by atoms with E-state index in [9.17, 15) is 4.39 Å². The SMILES string of the molecule is CC(C)(C)NCCCNCc1cccc(F)c1Cl. The molecule has 4 heteroatoms. The summed E-state index contributed by atoms with van der Waals surface area (Å²) in [4.78, 5) is 0. The molecule has 1 rings (SSSR count). The van der Waals surface area contributed by atoms with Crippen molar-refractivity contribution in [2.45, 2.75) is 39.3 Å². The van der Waals surface area contributed by atoms with Crippen molar-refractivity contribution < 1.29 is 4.39 Å². The van der Waals surface area contributed by atoms with Crippen LogP contribution >= 0.6 is 11.6 Å². The van der Waals surface area contributed by atoms with Crippen LogP contribution in [0.5, 0.6) is 0 Å². The summed E-state index contributed by atoms with van der Waals surface area (Å²) in [6.07, 6.45) is 1.03. The van der Waals surface area contributed by atoms with E-state index in [1.807, 2.05) is 6.07 Å². The van der Waals surface area contributed by atoms with Crippen LogP contribution in [-0.2, 0) is 6.54 Å². The number of hydrogen-bond donors (Lipinski definition) is 2. The van der Waals surface area contributed by atoms with E-state index in [2.05, 4.69) is 31.4 Å². The standard InChI is InChI=1S/C14H22ClFN2/c1-14(2,3)18-9-5-8-17-10-11-6-4-7-12(16)13(11)15/h4,6-7,17-18H,5,8-10H2,1-3H3. The molecule has 0 aliphatic rings. The van der Waals surface area contributed by atoms with Crippen LogP contribution in [0.25, 0.3) is 0 Å². The third-order valence-electron chi connectivity index (χ3n) is 2.53. The number of hydrogen-bond acceptors (Lipinski definition) is 2. The molecule has 1 aromatic rings. The summed E-state index contributed by atoms with van der Waals surface area (Å²) in [5.41, 5.74) is 0.965. The molecular weight excluding hydrogens is 251 g/mol. The summed E-state index contributed by atoms with van der Waals surface area (Å²) in [5, 5.41) is 6.90. The van der Waals surface area contributed by atoms with Crippen molar-refractivity contribution in [3.63, 3.8) is 0 Å². The minimum atomic E-state index is -0.356. The Morgan fingerprint density at radius 1 is 1.22 bits per heavy atom. The lowest BCUT2D eigenvalue weighted by Crippen LogP contribution is -2.37. The lowest BCUT2D eigenvalue weighted by atomic mass is 10.1. The van der Waals surface area contributed by atoms with Crippen LogP contribution in [0.15, 0.2) is 18.2 Å². The van der Waals surface area contributed by atoms with E-state index in [0.717, 1.165) is 25.1 Å². The topological polar surface area (TPSA) is 24.1 Å². The van der Waals surface area contributed by atoms with Crippen LogP contribution in [0.1, 0.15) is 32.8 Å². The van der Waals surface area contributed by atoms with E-state index in [1.165, 1.54) is 6.07 Å². The smallest absolute Gasteiger partial charge is 0.142 e. The molecular formula is C14H22ClFN2. The summed E-state index contributed by atoms with van der Waals surface area (Å²) in [5.74, 6) is -0.356. The Labute approximate surface area is 114 Å². The van der Waals surface area contributed by atoms with Crippen LogP contribution in [0.2, 0.25) is 5.02 Å². The maximum Gasteiger partial charge on any atom is 0.142 e. The Kier molecular flexibility index (Phi) is 6.06. The molecule has 0 heterocycles. The molecule has 0 amide bonds. The van der Waals surface area contributed by atoms with Gasteiger partial charge in [0.25, 0.3) is 0 Å². The highest BCUT2D eigenvalue weighted by Crippen LogP contribution is 2.19. The van der Waals surface area contributed by atoms with Gasteiger partial charge in [0.05, 0.1) is 5.02 Å². The minimum Gasteiger partial charge on any atom is -0.313 e. The second-order valence-corrected chi connectivity index (χ2v) is 5.80. The van der Waals surface area contributed by atoms with Crippen molar-refractivity contribution in [3.05, 3.63) is 34.6 Å². The van der Waals surface area contributed by atoms with Gasteiger partial charge in [0, 0.05) is 12.1 Å². The monoisotopic (exact) mass is 272 g/mol. The fraction of sp³-hybridized carbons (Fsp3) is 0.571. The number of benzene rings is 1. The second kappa shape index (κ2) is 7.07. The Morgan fingerprint density at radius 3 is 2.61 bits per heavy atom. The summed E-state index contributed by atoms with van der Waals surface area (Å²) in [6, 6.07) is 4.89. The summed E-state index contributed by atoms with van der Waals surface area (Å²) >= 11 is 5.87. The van der Waals surface area contributed by atoms with E-state index in [0.29, 0.717) is 6.54 Å². The molecule has 0 aliphatic carbocycles. The highest BCUT2D eigenvalue weighted by Gasteiger charge is 2.07. The average molecular weight is 273 g/mol. The predicted octanol–water partition coefficient (Wildman–Crippen LogP) is 3.35. The molecule has 0 saturated heterocycles. The summed E-state index contributed by atoms with van der Waals surface area (Å²) in [7, 11) is 0. The molecule has 0 aliphatic heterocycles. The van der Waals surface area contributed by atoms with Gasteiger partial charge in [-0.1, -0.05) is 23.7 Å². The van der Waals surface area contributed by atoms with Gasteiger partial charge in [0.15, 0.2) is 0 Å². The molecule has 0 fully saturated rings. The van der Waals surface area contributed by atoms with E-state index < -0.39 is 0 Å². The van der Waals surface area contributed by atoms with Crippen molar-refractivity contribution in [1.29, 1.82) is 0 Å². The first kappa shape index (κ1) is 15.4. The largest absolute Gasteiger partial charge is 0.313 e. The van der Waals surface area contributed by atoms with Crippen molar-refractivity contribution in [3.8, 4) is 0 Å². The molecule has 0 spiro atoms. The normalized spacial score (nSPS) is 11.8. The molecule has 2 N–H and O–H groups in total. The molecule has 1 aromatic carbocycles. The predicted molar refractivity (Wildman–Crippen MR) is 75.5 cm³/mol. The van der Waals surface area contributed by atoms with E-state index >= 15 is 0 Å². The van der Waals surface area contributed by atoms with Crippen LogP contribution in [0.4, 0.5) is 4.39 Å². The van der Waals surface area contributed by atoms with Gasteiger partial charge in [-0.25, -0.2) is 4.39 Å². The maximum absolute atomic E-state index is 13.2. The van der Waals surface area contributed by atoms with Gasteiger partial charge in [0.1, 0.15) is 5.82 Å². The first-order valence-corrected chi connectivity index (χ1v) is 6.66. The van der Waals surface area contributed by atoms with E-state index in [1.54, 1.807) is 6.07 Å². The van der Waals surface area contributed by atoms with Gasteiger partial charge in [0.2, 0.25) is 0 Å². The van der Waals surface area contributed by atoms with Gasteiger partial charge >= 0.3 is 0 Å². The second-order valence-electron chi connectivity index (χ2n) is 5.42. The third-order valence-corrected chi connectivity index (χ3v) is 2.96. The van der Waals surface area contributed by atoms with Gasteiger partial charge in [-0.3, -0.25) is 0 Å². The Bertz CT molecular complexity index is 375. The van der Waals surface area contributed by atoms with Gasteiger partial charge in [-0.2, -0.15) is 0 Å². The lowest BCUT2D eigenvalue weighted by molar-refractivity contribution is 0.418. The van der Waals surface area contributed by atoms with Crippen LogP contribution < -0.4 is 10.6 Å². The van der Waals surface area contributed by atoms with E-state index in [4.69, 9.17) is 11.6 Å². The summed E-state index contributed by atoms with van der Waals surface area (Å²) in [6.45, 7) is 8.89. The summed E-state index contributed by atoms with van der Waals surface area (Å²) < 4.78 is 13.2. The van der Waals surface area contributed by atoms with Gasteiger partial charge in [-0.05, 0) is 51.9 Å². The van der Waals surface area contributed by atoms with E-state index in [-0.39, 0.29) is 16.4 Å². The lowest BCUT2D eigenvalue weighted by Gasteiger charge is -2.20. The highest BCUT2D eigenvalue weighted by molar-refractivity contribution is 6.31. The Hall–Kier alpha value is -0.640. The third kappa shape index (κ3) is 5.80. The van der Waals surface area contributed by atoms with Gasteiger partial charge < -0.3 is 10.6 Å². The molecule has 0 unspecified atom stereocenters. The quantitative estimate of drug-likeness (QED) is 0.776. The molecule has 0 radical (unpaired) electrons. The Balaban J connectivity index is 2.20. The minimum absolute atomic E-state index is 0.159. The van der Waals surface area contributed by atoms with Crippen molar-refractivity contribution >= 4 is 11.6 Å². The van der Waals surface area contributed by atoms with Crippen LogP contribution in [0, 0.1) is 5.82 Å². The molecule has 18 heavy (non-hydrogen) atoms. The van der Waals surface area contributed by atoms with Crippen molar-refractivity contribution in [2.24, 2.45) is 0 Å². The number of halogens is 2. The zero-order valence-electron chi connectivity index (χ0n) is 11.3. The van der Waals surface area contributed by atoms with Crippen molar-refractivity contribution in [2.75, 3.05) is 13.1 Å². The zero-order chi connectivity index (χ0) is 13.6. The number of rotatable bonds is 6. The first-order valence-electron chi connectivity index (χ1n) is 6.29. The van der Waals surface area contributed by atoms with Gasteiger partial charge in [-0.15, -0.1) is 0 Å². The molecule has 0 aromatic heterocycles. The van der Waals surface area contributed by atoms with Crippen LogP contribution in [0.3, 0.4) is 0 Å². The molecule has 102 valence electrons.